The minimum Gasteiger partial charge on any atom is -0.480 e. The van der Waals surface area contributed by atoms with Crippen molar-refractivity contribution < 1.29 is 14.7 Å². The molecular weight excluding hydrogens is 278 g/mol. The van der Waals surface area contributed by atoms with Gasteiger partial charge in [0, 0.05) is 44.2 Å². The van der Waals surface area contributed by atoms with E-state index in [1.807, 2.05) is 11.0 Å². The Labute approximate surface area is 124 Å². The van der Waals surface area contributed by atoms with E-state index in [9.17, 15) is 9.59 Å². The Balaban J connectivity index is 2.24. The maximum Gasteiger partial charge on any atom is 0.317 e. The van der Waals surface area contributed by atoms with Crippen LogP contribution in [0.3, 0.4) is 0 Å². The van der Waals surface area contributed by atoms with Crippen molar-refractivity contribution in [2.45, 2.75) is 6.42 Å². The van der Waals surface area contributed by atoms with Gasteiger partial charge in [0.1, 0.15) is 0 Å². The Morgan fingerprint density at radius 1 is 1.30 bits per heavy atom. The molecule has 1 heterocycles. The summed E-state index contributed by atoms with van der Waals surface area (Å²) in [5, 5.41) is 11.7. The number of amides is 2. The van der Waals surface area contributed by atoms with Crippen LogP contribution in [0.2, 0.25) is 0 Å². The molecule has 0 aromatic heterocycles. The molecule has 6 nitrogen and oxygen atoms in total. The molecular formula is C13H23N3O3S. The van der Waals surface area contributed by atoms with Gasteiger partial charge in [-0.1, -0.05) is 6.08 Å². The molecule has 0 spiro atoms. The van der Waals surface area contributed by atoms with Crippen LogP contribution in [0.1, 0.15) is 6.42 Å². The first-order valence-corrected chi connectivity index (χ1v) is 7.94. The molecule has 1 fully saturated rings. The van der Waals surface area contributed by atoms with E-state index in [4.69, 9.17) is 5.11 Å². The Morgan fingerprint density at radius 2 is 2.10 bits per heavy atom. The quantitative estimate of drug-likeness (QED) is 0.535. The Hall–Kier alpha value is -1.21. The van der Waals surface area contributed by atoms with E-state index in [2.05, 4.69) is 11.9 Å². The molecule has 20 heavy (non-hydrogen) atoms. The van der Waals surface area contributed by atoms with Crippen LogP contribution in [0.15, 0.2) is 12.7 Å². The number of hydrogen-bond donors (Lipinski definition) is 2. The average Bonchev–Trinajstić information content (AvgIpc) is 2.63. The summed E-state index contributed by atoms with van der Waals surface area (Å²) in [6.45, 7) is 6.94. The molecule has 2 amide bonds. The number of nitrogens with one attached hydrogen (secondary N) is 1. The van der Waals surface area contributed by atoms with Crippen molar-refractivity contribution in [3.8, 4) is 0 Å². The summed E-state index contributed by atoms with van der Waals surface area (Å²) in [4.78, 5) is 26.3. The number of rotatable bonds is 7. The Morgan fingerprint density at radius 3 is 2.80 bits per heavy atom. The summed E-state index contributed by atoms with van der Waals surface area (Å²) in [6.07, 6.45) is 2.66. The maximum atomic E-state index is 12.0. The van der Waals surface area contributed by atoms with Gasteiger partial charge in [0.25, 0.3) is 0 Å². The number of hydrogen-bond acceptors (Lipinski definition) is 4. The number of carboxylic acid groups (broad SMARTS) is 1. The van der Waals surface area contributed by atoms with Gasteiger partial charge in [-0.2, -0.15) is 11.8 Å². The minimum atomic E-state index is -0.817. The first kappa shape index (κ1) is 16.8. The number of thioether (sulfide) groups is 1. The summed E-state index contributed by atoms with van der Waals surface area (Å²) in [6, 6.07) is -0.0543. The van der Waals surface area contributed by atoms with Crippen LogP contribution < -0.4 is 5.32 Å². The van der Waals surface area contributed by atoms with Gasteiger partial charge in [-0.25, -0.2) is 4.79 Å². The standard InChI is InChI=1S/C13H23N3O3S/c1-2-9-20-10-4-14-13(19)16-6-3-5-15(7-8-16)11-12(17)18/h2H,1,3-11H2,(H,14,19)(H,17,18). The van der Waals surface area contributed by atoms with Gasteiger partial charge in [0.2, 0.25) is 0 Å². The number of carboxylic acids is 1. The van der Waals surface area contributed by atoms with E-state index < -0.39 is 5.97 Å². The van der Waals surface area contributed by atoms with Gasteiger partial charge in [0.15, 0.2) is 0 Å². The molecule has 1 saturated heterocycles. The number of nitrogens with zero attached hydrogens (tertiary/aromatic N) is 2. The smallest absolute Gasteiger partial charge is 0.317 e. The third-order valence-electron chi connectivity index (χ3n) is 2.99. The zero-order chi connectivity index (χ0) is 14.8. The topological polar surface area (TPSA) is 72.9 Å². The average molecular weight is 301 g/mol. The lowest BCUT2D eigenvalue weighted by atomic mass is 10.4. The number of aliphatic carboxylic acids is 1. The minimum absolute atomic E-state index is 0.0493. The summed E-state index contributed by atoms with van der Waals surface area (Å²) >= 11 is 1.73. The highest BCUT2D eigenvalue weighted by molar-refractivity contribution is 7.99. The fraction of sp³-hybridized carbons (Fsp3) is 0.692. The van der Waals surface area contributed by atoms with Crippen LogP contribution in [0.5, 0.6) is 0 Å². The van der Waals surface area contributed by atoms with Crippen LogP contribution in [-0.4, -0.2) is 77.7 Å². The van der Waals surface area contributed by atoms with Crippen LogP contribution >= 0.6 is 11.8 Å². The van der Waals surface area contributed by atoms with Crippen molar-refractivity contribution in [2.75, 3.05) is 50.8 Å². The second-order valence-electron chi connectivity index (χ2n) is 4.61. The van der Waals surface area contributed by atoms with Gasteiger partial charge in [0.05, 0.1) is 6.54 Å². The molecule has 2 N–H and O–H groups in total. The van der Waals surface area contributed by atoms with E-state index in [0.717, 1.165) is 24.5 Å². The zero-order valence-corrected chi connectivity index (χ0v) is 12.5. The van der Waals surface area contributed by atoms with Gasteiger partial charge < -0.3 is 15.3 Å². The Kier molecular flexibility index (Phi) is 8.13. The van der Waals surface area contributed by atoms with Crippen LogP contribution in [-0.2, 0) is 4.79 Å². The van der Waals surface area contributed by atoms with E-state index in [-0.39, 0.29) is 12.6 Å². The molecule has 0 atom stereocenters. The predicted molar refractivity (Wildman–Crippen MR) is 81.2 cm³/mol. The SMILES string of the molecule is C=CCSCCNC(=O)N1CCCN(CC(=O)O)CC1. The second kappa shape index (κ2) is 9.66. The summed E-state index contributed by atoms with van der Waals surface area (Å²) in [5.41, 5.74) is 0. The highest BCUT2D eigenvalue weighted by Crippen LogP contribution is 2.03. The molecule has 7 heteroatoms. The molecule has 114 valence electrons. The van der Waals surface area contributed by atoms with Gasteiger partial charge in [-0.15, -0.1) is 6.58 Å². The molecule has 1 aliphatic rings. The third kappa shape index (κ3) is 6.81. The van der Waals surface area contributed by atoms with Gasteiger partial charge in [-0.3, -0.25) is 9.69 Å². The lowest BCUT2D eigenvalue weighted by Crippen LogP contribution is -2.43. The van der Waals surface area contributed by atoms with Crippen LogP contribution in [0.4, 0.5) is 4.79 Å². The molecule has 0 bridgehead atoms. The Bertz CT molecular complexity index is 339. The van der Waals surface area contributed by atoms with Crippen molar-refractivity contribution in [3.05, 3.63) is 12.7 Å². The van der Waals surface area contributed by atoms with Crippen molar-refractivity contribution in [3.63, 3.8) is 0 Å². The zero-order valence-electron chi connectivity index (χ0n) is 11.7. The lowest BCUT2D eigenvalue weighted by molar-refractivity contribution is -0.138. The fourth-order valence-electron chi connectivity index (χ4n) is 2.03. The van der Waals surface area contributed by atoms with E-state index in [0.29, 0.717) is 26.2 Å². The largest absolute Gasteiger partial charge is 0.480 e. The molecule has 1 rings (SSSR count). The van der Waals surface area contributed by atoms with Crippen molar-refractivity contribution in [1.29, 1.82) is 0 Å². The fourth-order valence-corrected chi connectivity index (χ4v) is 2.61. The highest BCUT2D eigenvalue weighted by Gasteiger charge is 2.19. The third-order valence-corrected chi connectivity index (χ3v) is 3.96. The lowest BCUT2D eigenvalue weighted by Gasteiger charge is -2.21. The molecule has 0 aromatic rings. The van der Waals surface area contributed by atoms with Crippen LogP contribution in [0.25, 0.3) is 0 Å². The summed E-state index contributed by atoms with van der Waals surface area (Å²) < 4.78 is 0. The van der Waals surface area contributed by atoms with Crippen molar-refractivity contribution in [2.24, 2.45) is 0 Å². The number of carbonyl (C=O) groups is 2. The van der Waals surface area contributed by atoms with E-state index in [1.165, 1.54) is 0 Å². The first-order valence-electron chi connectivity index (χ1n) is 6.79. The van der Waals surface area contributed by atoms with Gasteiger partial charge in [-0.05, 0) is 6.42 Å². The monoisotopic (exact) mass is 301 g/mol. The first-order chi connectivity index (χ1) is 9.63. The molecule has 0 aromatic carbocycles. The van der Waals surface area contributed by atoms with Crippen molar-refractivity contribution in [1.82, 2.24) is 15.1 Å². The molecule has 0 unspecified atom stereocenters. The summed E-state index contributed by atoms with van der Waals surface area (Å²) in [7, 11) is 0. The molecule has 0 aliphatic carbocycles. The second-order valence-corrected chi connectivity index (χ2v) is 5.76. The van der Waals surface area contributed by atoms with E-state index in [1.54, 1.807) is 16.7 Å². The number of carbonyl (C=O) groups excluding carboxylic acids is 1. The maximum absolute atomic E-state index is 12.0. The van der Waals surface area contributed by atoms with Crippen molar-refractivity contribution >= 4 is 23.8 Å². The van der Waals surface area contributed by atoms with Gasteiger partial charge >= 0.3 is 12.0 Å². The van der Waals surface area contributed by atoms with Crippen LogP contribution in [0, 0.1) is 0 Å². The normalized spacial score (nSPS) is 16.5. The molecule has 0 saturated carbocycles. The summed E-state index contributed by atoms with van der Waals surface area (Å²) in [5.74, 6) is 0.947. The number of urea groups is 1. The highest BCUT2D eigenvalue weighted by atomic mass is 32.2. The molecule has 0 radical (unpaired) electrons. The molecule has 1 aliphatic heterocycles. The van der Waals surface area contributed by atoms with E-state index >= 15 is 0 Å². The predicted octanol–water partition coefficient (Wildman–Crippen LogP) is 0.708.